The number of hydrogen-bond acceptors (Lipinski definition) is 5. The number of nitrogens with zero attached hydrogens (tertiary/aromatic N) is 1. The number of hydrazone groups is 1. The van der Waals surface area contributed by atoms with Crippen LogP contribution in [0.25, 0.3) is 0 Å². The molecule has 0 spiro atoms. The van der Waals surface area contributed by atoms with Gasteiger partial charge >= 0.3 is 11.9 Å². The summed E-state index contributed by atoms with van der Waals surface area (Å²) in [4.78, 5) is 22.0. The van der Waals surface area contributed by atoms with Crippen LogP contribution < -0.4 is 5.43 Å². The van der Waals surface area contributed by atoms with Crippen LogP contribution in [-0.2, 0) is 9.53 Å². The van der Waals surface area contributed by atoms with E-state index in [-0.39, 0.29) is 20.8 Å². The van der Waals surface area contributed by atoms with E-state index in [0.717, 1.165) is 12.3 Å². The molecule has 0 saturated carbocycles. The number of carbonyl (C=O) groups excluding carboxylic acids is 1. The van der Waals surface area contributed by atoms with Gasteiger partial charge in [-0.3, -0.25) is 5.43 Å². The van der Waals surface area contributed by atoms with Crippen molar-refractivity contribution >= 4 is 63.0 Å². The van der Waals surface area contributed by atoms with Crippen molar-refractivity contribution in [2.75, 3.05) is 12.5 Å². The molecule has 1 aromatic carbocycles. The summed E-state index contributed by atoms with van der Waals surface area (Å²) in [5, 5.41) is 11.1. The van der Waals surface area contributed by atoms with Crippen molar-refractivity contribution in [2.24, 2.45) is 5.10 Å². The minimum absolute atomic E-state index is 0.0757. The monoisotopic (exact) mass is 412 g/mol. The first-order chi connectivity index (χ1) is 10.3. The number of ether oxygens (including phenoxy) is 1. The lowest BCUT2D eigenvalue weighted by Crippen LogP contribution is -2.05. The fourth-order valence-corrected chi connectivity index (χ4v) is 1.87. The molecule has 6 nitrogen and oxygen atoms in total. The number of rotatable bonds is 5. The maximum atomic E-state index is 13.7. The molecule has 0 aliphatic heterocycles. The fourth-order valence-electron chi connectivity index (χ4n) is 1.22. The van der Waals surface area contributed by atoms with Crippen molar-refractivity contribution in [3.05, 3.63) is 38.1 Å². The second-order valence-electron chi connectivity index (χ2n) is 3.64. The zero-order valence-electron chi connectivity index (χ0n) is 10.9. The van der Waals surface area contributed by atoms with Crippen molar-refractivity contribution in [1.29, 1.82) is 0 Å². The van der Waals surface area contributed by atoms with Gasteiger partial charge in [0.15, 0.2) is 0 Å². The number of carboxylic acid groups (broad SMARTS) is 1. The van der Waals surface area contributed by atoms with Crippen LogP contribution in [0.3, 0.4) is 0 Å². The molecular formula is C12H8BrCl2FN2O4. The number of anilines is 1. The van der Waals surface area contributed by atoms with E-state index in [4.69, 9.17) is 28.3 Å². The molecule has 0 bridgehead atoms. The van der Waals surface area contributed by atoms with E-state index >= 15 is 0 Å². The number of hydrogen-bond donors (Lipinski definition) is 2. The molecule has 0 aliphatic carbocycles. The lowest BCUT2D eigenvalue weighted by Gasteiger charge is -2.07. The summed E-state index contributed by atoms with van der Waals surface area (Å²) < 4.78 is 18.5. The van der Waals surface area contributed by atoms with Gasteiger partial charge in [0, 0.05) is 4.47 Å². The van der Waals surface area contributed by atoms with Crippen LogP contribution in [0.2, 0.25) is 0 Å². The molecule has 10 heteroatoms. The number of nitrogens with one attached hydrogen (secondary N) is 1. The Hall–Kier alpha value is -1.64. The van der Waals surface area contributed by atoms with Gasteiger partial charge < -0.3 is 9.84 Å². The second-order valence-corrected chi connectivity index (χ2v) is 5.28. The minimum Gasteiger partial charge on any atom is -0.477 e. The molecule has 0 fully saturated rings. The number of halogens is 4. The van der Waals surface area contributed by atoms with Gasteiger partial charge in [0.2, 0.25) is 0 Å². The van der Waals surface area contributed by atoms with Crippen molar-refractivity contribution < 1.29 is 23.8 Å². The van der Waals surface area contributed by atoms with Gasteiger partial charge in [0.1, 0.15) is 10.8 Å². The van der Waals surface area contributed by atoms with Gasteiger partial charge in [-0.05, 0) is 28.1 Å². The highest BCUT2D eigenvalue weighted by atomic mass is 79.9. The summed E-state index contributed by atoms with van der Waals surface area (Å²) in [6.07, 6.45) is 0.886. The number of methoxy groups -OCH3 is 1. The molecule has 0 aromatic heterocycles. The smallest absolute Gasteiger partial charge is 0.348 e. The Bertz CT molecular complexity index is 679. The highest BCUT2D eigenvalue weighted by molar-refractivity contribution is 9.10. The highest BCUT2D eigenvalue weighted by Crippen LogP contribution is 2.25. The zero-order valence-corrected chi connectivity index (χ0v) is 14.0. The summed E-state index contributed by atoms with van der Waals surface area (Å²) >= 11 is 14.0. The Morgan fingerprint density at radius 2 is 2.09 bits per heavy atom. The fraction of sp³-hybridized carbons (Fsp3) is 0.0833. The Labute approximate surface area is 142 Å². The molecule has 22 heavy (non-hydrogen) atoms. The molecule has 0 aliphatic rings. The van der Waals surface area contributed by atoms with Crippen LogP contribution in [0.5, 0.6) is 0 Å². The number of esters is 1. The number of benzene rings is 1. The summed E-state index contributed by atoms with van der Waals surface area (Å²) in [5.41, 5.74) is 2.21. The zero-order chi connectivity index (χ0) is 16.9. The lowest BCUT2D eigenvalue weighted by molar-refractivity contribution is -0.131. The van der Waals surface area contributed by atoms with Gasteiger partial charge in [-0.2, -0.15) is 5.10 Å². The predicted octanol–water partition coefficient (Wildman–Crippen LogP) is 3.55. The number of carboxylic acids is 1. The van der Waals surface area contributed by atoms with Crippen LogP contribution >= 0.6 is 39.1 Å². The third kappa shape index (κ3) is 4.69. The summed E-state index contributed by atoms with van der Waals surface area (Å²) in [7, 11) is 1.18. The first-order valence-electron chi connectivity index (χ1n) is 5.43. The average Bonchev–Trinajstić information content (AvgIpc) is 2.47. The topological polar surface area (TPSA) is 88.0 Å². The molecule has 0 atom stereocenters. The molecule has 0 unspecified atom stereocenters. The van der Waals surface area contributed by atoms with Crippen molar-refractivity contribution in [3.63, 3.8) is 0 Å². The minimum atomic E-state index is -1.43. The molecule has 0 heterocycles. The SMILES string of the molecule is COC(=O)c1cc(N/N=C\C(Cl)=C(\Cl)C(=O)O)c(F)cc1Br. The molecule has 0 amide bonds. The van der Waals surface area contributed by atoms with E-state index in [1.807, 2.05) is 0 Å². The molecule has 0 saturated heterocycles. The predicted molar refractivity (Wildman–Crippen MR) is 83.9 cm³/mol. The largest absolute Gasteiger partial charge is 0.477 e. The van der Waals surface area contributed by atoms with Gasteiger partial charge in [-0.1, -0.05) is 23.2 Å². The molecule has 1 rings (SSSR count). The first-order valence-corrected chi connectivity index (χ1v) is 6.97. The Kier molecular flexibility index (Phi) is 6.79. The van der Waals surface area contributed by atoms with Crippen LogP contribution in [-0.4, -0.2) is 30.4 Å². The Balaban J connectivity index is 3.02. The second kappa shape index (κ2) is 8.11. The summed E-state index contributed by atoms with van der Waals surface area (Å²) in [6.45, 7) is 0. The quantitative estimate of drug-likeness (QED) is 0.333. The van der Waals surface area contributed by atoms with E-state index < -0.39 is 22.8 Å². The maximum absolute atomic E-state index is 13.7. The van der Waals surface area contributed by atoms with Crippen LogP contribution in [0.1, 0.15) is 10.4 Å². The average molecular weight is 414 g/mol. The number of allylic oxidation sites excluding steroid dienone is 1. The van der Waals surface area contributed by atoms with Crippen LogP contribution in [0.15, 0.2) is 31.8 Å². The van der Waals surface area contributed by atoms with E-state index in [0.29, 0.717) is 0 Å². The van der Waals surface area contributed by atoms with E-state index in [2.05, 4.69) is 31.2 Å². The lowest BCUT2D eigenvalue weighted by atomic mass is 10.2. The molecular weight excluding hydrogens is 406 g/mol. The number of carbonyl (C=O) groups is 2. The van der Waals surface area contributed by atoms with Gasteiger partial charge in [0.05, 0.1) is 29.6 Å². The molecule has 2 N–H and O–H groups in total. The summed E-state index contributed by atoms with van der Waals surface area (Å²) in [6, 6.07) is 2.21. The maximum Gasteiger partial charge on any atom is 0.348 e. The number of aliphatic carboxylic acids is 1. The normalized spacial score (nSPS) is 12.0. The van der Waals surface area contributed by atoms with Gasteiger partial charge in [-0.25, -0.2) is 14.0 Å². The molecule has 0 radical (unpaired) electrons. The van der Waals surface area contributed by atoms with E-state index in [1.54, 1.807) is 0 Å². The third-order valence-electron chi connectivity index (χ3n) is 2.22. The van der Waals surface area contributed by atoms with Gasteiger partial charge in [-0.15, -0.1) is 0 Å². The van der Waals surface area contributed by atoms with Crippen molar-refractivity contribution in [1.82, 2.24) is 0 Å². The third-order valence-corrected chi connectivity index (χ3v) is 3.63. The standard InChI is InChI=1S/C12H8BrCl2FN2O4/c1-22-12(21)5-2-9(8(16)3-6(5)13)18-17-4-7(14)10(15)11(19)20/h2-4,18H,1H3,(H,19,20)/b10-7-,17-4-. The Morgan fingerprint density at radius 3 is 2.64 bits per heavy atom. The van der Waals surface area contributed by atoms with E-state index in [9.17, 15) is 14.0 Å². The van der Waals surface area contributed by atoms with Crippen molar-refractivity contribution in [2.45, 2.75) is 0 Å². The summed E-state index contributed by atoms with van der Waals surface area (Å²) in [5.74, 6) is -2.81. The Morgan fingerprint density at radius 1 is 1.45 bits per heavy atom. The van der Waals surface area contributed by atoms with E-state index in [1.165, 1.54) is 13.2 Å². The van der Waals surface area contributed by atoms with Gasteiger partial charge in [0.25, 0.3) is 0 Å². The first kappa shape index (κ1) is 18.4. The van der Waals surface area contributed by atoms with Crippen LogP contribution in [0, 0.1) is 5.82 Å². The van der Waals surface area contributed by atoms with Crippen molar-refractivity contribution in [3.8, 4) is 0 Å². The van der Waals surface area contributed by atoms with Crippen LogP contribution in [0.4, 0.5) is 10.1 Å². The molecule has 1 aromatic rings. The highest BCUT2D eigenvalue weighted by Gasteiger charge is 2.15. The molecule has 118 valence electrons.